The van der Waals surface area contributed by atoms with Gasteiger partial charge >= 0.3 is 0 Å². The third kappa shape index (κ3) is 2.52. The monoisotopic (exact) mass is 415 g/mol. The second kappa shape index (κ2) is 5.52. The van der Waals surface area contributed by atoms with E-state index in [9.17, 15) is 0 Å². The number of imidazole rings is 1. The Balaban J connectivity index is 0.00000120. The van der Waals surface area contributed by atoms with E-state index in [0.717, 1.165) is 29.8 Å². The van der Waals surface area contributed by atoms with E-state index in [4.69, 9.17) is 0 Å². The van der Waals surface area contributed by atoms with Crippen LogP contribution in [0.1, 0.15) is 50.0 Å². The van der Waals surface area contributed by atoms with Gasteiger partial charge in [-0.25, -0.2) is 4.98 Å². The zero-order valence-electron chi connectivity index (χ0n) is 10.8. The number of hydrogen-bond donors (Lipinski definition) is 1. The van der Waals surface area contributed by atoms with Crippen LogP contribution in [0, 0.1) is 0 Å². The van der Waals surface area contributed by atoms with E-state index < -0.39 is 0 Å². The Morgan fingerprint density at radius 1 is 1.39 bits per heavy atom. The fraction of sp³-hybridized carbons (Fsp3) is 0.500. The van der Waals surface area contributed by atoms with E-state index in [2.05, 4.69) is 47.3 Å². The van der Waals surface area contributed by atoms with E-state index in [-0.39, 0.29) is 20.4 Å². The van der Waals surface area contributed by atoms with Gasteiger partial charge in [0.05, 0.1) is 16.9 Å². The first kappa shape index (κ1) is 13.7. The Morgan fingerprint density at radius 2 is 2.22 bits per heavy atom. The van der Waals surface area contributed by atoms with Crippen molar-refractivity contribution >= 4 is 11.0 Å². The third-order valence-corrected chi connectivity index (χ3v) is 3.49. The number of nitrogens with zero attached hydrogens (tertiary/aromatic N) is 2. The van der Waals surface area contributed by atoms with E-state index in [0.29, 0.717) is 12.0 Å². The summed E-state index contributed by atoms with van der Waals surface area (Å²) in [5.74, 6) is 1.60. The van der Waals surface area contributed by atoms with E-state index in [1.165, 1.54) is 12.0 Å². The molecule has 0 spiro atoms. The Morgan fingerprint density at radius 3 is 2.89 bits per heavy atom. The molecular weight excluding hydrogens is 396 g/mol. The molecular formula is C14H18N3Re-. The number of aromatic nitrogens is 2. The predicted molar refractivity (Wildman–Crippen MR) is 70.4 cm³/mol. The molecule has 1 aliphatic heterocycles. The smallest absolute Gasteiger partial charge is 0.0890 e. The van der Waals surface area contributed by atoms with E-state index in [1.807, 2.05) is 0 Å². The summed E-state index contributed by atoms with van der Waals surface area (Å²) in [6, 6.07) is 6.79. The summed E-state index contributed by atoms with van der Waals surface area (Å²) in [4.78, 5) is 8.07. The molecule has 2 heterocycles. The van der Waals surface area contributed by atoms with Gasteiger partial charge in [-0.1, -0.05) is 38.8 Å². The van der Waals surface area contributed by atoms with Gasteiger partial charge in [0.25, 0.3) is 0 Å². The first-order valence-corrected chi connectivity index (χ1v) is 6.40. The number of hydrogen-bond acceptors (Lipinski definition) is 1. The normalized spacial score (nSPS) is 19.4. The van der Waals surface area contributed by atoms with Gasteiger partial charge in [-0.15, -0.1) is 6.54 Å². The minimum absolute atomic E-state index is 0. The van der Waals surface area contributed by atoms with Crippen LogP contribution in [-0.2, 0) is 20.4 Å². The van der Waals surface area contributed by atoms with Gasteiger partial charge in [-0.3, -0.25) is 0 Å². The summed E-state index contributed by atoms with van der Waals surface area (Å²) in [7, 11) is 0. The molecule has 3 nitrogen and oxygen atoms in total. The molecule has 97 valence electrons. The molecule has 1 radical (unpaired) electrons. The molecule has 1 saturated heterocycles. The number of nitrogens with one attached hydrogen (secondary N) is 1. The van der Waals surface area contributed by atoms with Crippen molar-refractivity contribution in [2.75, 3.05) is 6.54 Å². The largest absolute Gasteiger partial charge is 0.653 e. The van der Waals surface area contributed by atoms with Crippen molar-refractivity contribution in [2.24, 2.45) is 0 Å². The van der Waals surface area contributed by atoms with E-state index >= 15 is 0 Å². The van der Waals surface area contributed by atoms with Crippen LogP contribution in [0.5, 0.6) is 0 Å². The third-order valence-electron chi connectivity index (χ3n) is 3.49. The summed E-state index contributed by atoms with van der Waals surface area (Å²) in [5, 5.41) is 4.56. The van der Waals surface area contributed by atoms with Crippen LogP contribution >= 0.6 is 0 Å². The molecule has 1 fully saturated rings. The average Bonchev–Trinajstić information content (AvgIpc) is 2.96. The second-order valence-corrected chi connectivity index (χ2v) is 5.12. The van der Waals surface area contributed by atoms with Crippen LogP contribution in [0.4, 0.5) is 0 Å². The molecule has 1 aromatic carbocycles. The molecule has 2 aromatic rings. The summed E-state index contributed by atoms with van der Waals surface area (Å²) in [5.41, 5.74) is 3.57. The molecule has 1 atom stereocenters. The van der Waals surface area contributed by atoms with Crippen LogP contribution < -0.4 is 0 Å². The topological polar surface area (TPSA) is 42.8 Å². The maximum absolute atomic E-state index is 4.65. The van der Waals surface area contributed by atoms with Gasteiger partial charge < -0.3 is 10.3 Å². The zero-order chi connectivity index (χ0) is 11.8. The first-order valence-electron chi connectivity index (χ1n) is 6.40. The van der Waals surface area contributed by atoms with Gasteiger partial charge in [-0.05, 0) is 23.6 Å². The van der Waals surface area contributed by atoms with Gasteiger partial charge in [-0.2, -0.15) is 0 Å². The summed E-state index contributed by atoms with van der Waals surface area (Å²) >= 11 is 0. The molecule has 3 rings (SSSR count). The molecule has 0 bridgehead atoms. The molecule has 1 N–H and O–H groups in total. The standard InChI is InChI=1S/C14H18N3.Re/c1-9(2)10-5-6-11-13(8-10)17-14(16-11)12-4-3-7-15-12;/h5-6,8-9,12H,3-4,7H2,1-2H3,(H,16,17);/q-1;. The molecule has 0 aliphatic carbocycles. The maximum Gasteiger partial charge on any atom is 0.0890 e. The summed E-state index contributed by atoms with van der Waals surface area (Å²) < 4.78 is 0. The Kier molecular flexibility index (Phi) is 4.22. The van der Waals surface area contributed by atoms with Crippen LogP contribution in [0.15, 0.2) is 18.2 Å². The SMILES string of the molecule is CC(C)c1ccc2nc(C3CCC[N-]3)[nH]c2c1.[Re]. The van der Waals surface area contributed by atoms with Gasteiger partial charge in [0.15, 0.2) is 0 Å². The first-order chi connectivity index (χ1) is 8.24. The van der Waals surface area contributed by atoms with Crippen LogP contribution in [0.25, 0.3) is 16.4 Å². The number of aromatic amines is 1. The number of fused-ring (bicyclic) bond motifs is 1. The van der Waals surface area contributed by atoms with Crippen LogP contribution in [-0.4, -0.2) is 16.5 Å². The molecule has 1 aliphatic rings. The summed E-state index contributed by atoms with van der Waals surface area (Å²) in [6.45, 7) is 5.41. The van der Waals surface area contributed by atoms with Crippen molar-refractivity contribution in [2.45, 2.75) is 38.6 Å². The fourth-order valence-corrected chi connectivity index (χ4v) is 2.41. The average molecular weight is 415 g/mol. The Bertz CT molecular complexity index is 527. The molecule has 0 amide bonds. The number of benzene rings is 1. The van der Waals surface area contributed by atoms with Crippen molar-refractivity contribution in [3.05, 3.63) is 34.9 Å². The van der Waals surface area contributed by atoms with Crippen molar-refractivity contribution in [1.29, 1.82) is 0 Å². The molecule has 1 aromatic heterocycles. The van der Waals surface area contributed by atoms with Crippen molar-refractivity contribution in [1.82, 2.24) is 9.97 Å². The molecule has 4 heteroatoms. The Hall–Kier alpha value is -0.688. The molecule has 1 unspecified atom stereocenters. The van der Waals surface area contributed by atoms with Gasteiger partial charge in [0, 0.05) is 20.4 Å². The van der Waals surface area contributed by atoms with E-state index in [1.54, 1.807) is 0 Å². The van der Waals surface area contributed by atoms with Crippen molar-refractivity contribution in [3.8, 4) is 0 Å². The zero-order valence-corrected chi connectivity index (χ0v) is 13.5. The Labute approximate surface area is 121 Å². The quantitative estimate of drug-likeness (QED) is 0.796. The van der Waals surface area contributed by atoms with Crippen LogP contribution in [0.3, 0.4) is 0 Å². The van der Waals surface area contributed by atoms with Gasteiger partial charge in [0.2, 0.25) is 0 Å². The minimum Gasteiger partial charge on any atom is -0.653 e. The second-order valence-electron chi connectivity index (χ2n) is 5.12. The molecule has 18 heavy (non-hydrogen) atoms. The van der Waals surface area contributed by atoms with Gasteiger partial charge in [0.1, 0.15) is 0 Å². The predicted octanol–water partition coefficient (Wildman–Crippen LogP) is 3.89. The fourth-order valence-electron chi connectivity index (χ4n) is 2.41. The maximum atomic E-state index is 4.65. The van der Waals surface area contributed by atoms with Crippen molar-refractivity contribution < 1.29 is 20.4 Å². The number of H-pyrrole nitrogens is 1. The minimum atomic E-state index is 0. The van der Waals surface area contributed by atoms with Crippen molar-refractivity contribution in [3.63, 3.8) is 0 Å². The molecule has 0 saturated carbocycles. The number of rotatable bonds is 2. The van der Waals surface area contributed by atoms with Crippen LogP contribution in [0.2, 0.25) is 0 Å². The summed E-state index contributed by atoms with van der Waals surface area (Å²) in [6.07, 6.45) is 2.33.